The molecule has 0 saturated carbocycles. The molecule has 1 atom stereocenters. The Morgan fingerprint density at radius 1 is 1.26 bits per heavy atom. The molecule has 1 unspecified atom stereocenters. The first kappa shape index (κ1) is 16.4. The van der Waals surface area contributed by atoms with E-state index in [1.54, 1.807) is 0 Å². The van der Waals surface area contributed by atoms with Crippen molar-refractivity contribution < 1.29 is 9.53 Å². The van der Waals surface area contributed by atoms with Gasteiger partial charge in [-0.1, -0.05) is 26.2 Å². The topological polar surface area (TPSA) is 41.6 Å². The fourth-order valence-corrected chi connectivity index (χ4v) is 2.42. The summed E-state index contributed by atoms with van der Waals surface area (Å²) in [7, 11) is 0. The van der Waals surface area contributed by atoms with Crippen LogP contribution in [-0.2, 0) is 9.53 Å². The van der Waals surface area contributed by atoms with Crippen molar-refractivity contribution in [2.75, 3.05) is 32.7 Å². The molecule has 0 aromatic rings. The second-order valence-corrected chi connectivity index (χ2v) is 5.53. The van der Waals surface area contributed by atoms with Crippen LogP contribution in [0, 0.1) is 0 Å². The molecule has 0 aromatic carbocycles. The lowest BCUT2D eigenvalue weighted by Crippen LogP contribution is -2.35. The third-order valence-electron chi connectivity index (χ3n) is 3.58. The van der Waals surface area contributed by atoms with Crippen LogP contribution in [0.1, 0.15) is 52.4 Å². The van der Waals surface area contributed by atoms with Crippen LogP contribution in [0.3, 0.4) is 0 Å². The van der Waals surface area contributed by atoms with E-state index < -0.39 is 0 Å². The van der Waals surface area contributed by atoms with Gasteiger partial charge in [0.25, 0.3) is 0 Å². The number of hydrogen-bond acceptors (Lipinski definition) is 4. The molecule has 1 aliphatic heterocycles. The first-order chi connectivity index (χ1) is 9.22. The van der Waals surface area contributed by atoms with Crippen LogP contribution in [0.2, 0.25) is 0 Å². The van der Waals surface area contributed by atoms with E-state index in [2.05, 4.69) is 17.1 Å². The summed E-state index contributed by atoms with van der Waals surface area (Å²) in [5, 5.41) is 3.34. The zero-order valence-electron chi connectivity index (χ0n) is 12.6. The lowest BCUT2D eigenvalue weighted by Gasteiger charge is -2.20. The maximum absolute atomic E-state index is 11.8. The summed E-state index contributed by atoms with van der Waals surface area (Å²) in [6.45, 7) is 8.63. The second kappa shape index (κ2) is 10.2. The van der Waals surface area contributed by atoms with E-state index in [4.69, 9.17) is 4.74 Å². The van der Waals surface area contributed by atoms with Gasteiger partial charge >= 0.3 is 5.97 Å². The van der Waals surface area contributed by atoms with Crippen LogP contribution in [-0.4, -0.2) is 49.7 Å². The summed E-state index contributed by atoms with van der Waals surface area (Å²) in [4.78, 5) is 14.0. The van der Waals surface area contributed by atoms with E-state index in [0.717, 1.165) is 45.4 Å². The van der Waals surface area contributed by atoms with Gasteiger partial charge < -0.3 is 10.1 Å². The van der Waals surface area contributed by atoms with Crippen LogP contribution < -0.4 is 5.32 Å². The highest BCUT2D eigenvalue weighted by atomic mass is 16.5. The number of carbonyl (C=O) groups is 1. The first-order valence-corrected chi connectivity index (χ1v) is 7.85. The zero-order chi connectivity index (χ0) is 13.9. The van der Waals surface area contributed by atoms with Gasteiger partial charge in [-0.3, -0.25) is 9.69 Å². The lowest BCUT2D eigenvalue weighted by molar-refractivity contribution is -0.149. The van der Waals surface area contributed by atoms with Gasteiger partial charge in [-0.2, -0.15) is 0 Å². The molecule has 0 radical (unpaired) electrons. The third-order valence-corrected chi connectivity index (χ3v) is 3.58. The molecular formula is C15H30N2O2. The molecule has 1 heterocycles. The molecule has 0 spiro atoms. The fourth-order valence-electron chi connectivity index (χ4n) is 2.42. The van der Waals surface area contributed by atoms with Crippen LogP contribution in [0.25, 0.3) is 0 Å². The summed E-state index contributed by atoms with van der Waals surface area (Å²) < 4.78 is 5.47. The van der Waals surface area contributed by atoms with Crippen LogP contribution >= 0.6 is 0 Å². The minimum Gasteiger partial charge on any atom is -0.462 e. The van der Waals surface area contributed by atoms with Crippen LogP contribution in [0.15, 0.2) is 0 Å². The van der Waals surface area contributed by atoms with E-state index in [1.807, 2.05) is 6.92 Å². The average Bonchev–Trinajstić information content (AvgIpc) is 2.63. The number of rotatable bonds is 8. The van der Waals surface area contributed by atoms with E-state index in [0.29, 0.717) is 6.54 Å². The minimum atomic E-state index is -0.0649. The predicted octanol–water partition coefficient (Wildman–Crippen LogP) is 2.18. The summed E-state index contributed by atoms with van der Waals surface area (Å²) in [6.07, 6.45) is 7.10. The number of hydrogen-bond donors (Lipinski definition) is 1. The SMILES string of the molecule is CCCCCCC(C)OC(=O)CN1CCCNCC1. The smallest absolute Gasteiger partial charge is 0.320 e. The van der Waals surface area contributed by atoms with Crippen molar-refractivity contribution in [3.63, 3.8) is 0 Å². The number of ether oxygens (including phenoxy) is 1. The van der Waals surface area contributed by atoms with Crippen molar-refractivity contribution in [1.82, 2.24) is 10.2 Å². The van der Waals surface area contributed by atoms with E-state index in [9.17, 15) is 4.79 Å². The second-order valence-electron chi connectivity index (χ2n) is 5.53. The molecule has 19 heavy (non-hydrogen) atoms. The van der Waals surface area contributed by atoms with Gasteiger partial charge in [-0.15, -0.1) is 0 Å². The van der Waals surface area contributed by atoms with Gasteiger partial charge in [0.15, 0.2) is 0 Å². The molecule has 1 N–H and O–H groups in total. The highest BCUT2D eigenvalue weighted by molar-refractivity contribution is 5.71. The van der Waals surface area contributed by atoms with Crippen LogP contribution in [0.4, 0.5) is 0 Å². The number of esters is 1. The Hall–Kier alpha value is -0.610. The average molecular weight is 270 g/mol. The molecule has 1 aliphatic rings. The van der Waals surface area contributed by atoms with Gasteiger partial charge in [0, 0.05) is 13.1 Å². The predicted molar refractivity (Wildman–Crippen MR) is 78.2 cm³/mol. The number of nitrogens with zero attached hydrogens (tertiary/aromatic N) is 1. The fraction of sp³-hybridized carbons (Fsp3) is 0.933. The Balaban J connectivity index is 2.11. The van der Waals surface area contributed by atoms with E-state index >= 15 is 0 Å². The van der Waals surface area contributed by atoms with Crippen molar-refractivity contribution in [1.29, 1.82) is 0 Å². The maximum Gasteiger partial charge on any atom is 0.320 e. The Morgan fingerprint density at radius 3 is 2.89 bits per heavy atom. The first-order valence-electron chi connectivity index (χ1n) is 7.85. The molecule has 0 aliphatic carbocycles. The molecule has 112 valence electrons. The lowest BCUT2D eigenvalue weighted by atomic mass is 10.1. The summed E-state index contributed by atoms with van der Waals surface area (Å²) in [5.41, 5.74) is 0. The van der Waals surface area contributed by atoms with Gasteiger partial charge in [0.2, 0.25) is 0 Å². The summed E-state index contributed by atoms with van der Waals surface area (Å²) in [6, 6.07) is 0. The van der Waals surface area contributed by atoms with E-state index in [1.165, 1.54) is 19.3 Å². The third kappa shape index (κ3) is 8.22. The summed E-state index contributed by atoms with van der Waals surface area (Å²) in [5.74, 6) is -0.0649. The Bertz CT molecular complexity index is 238. The Kier molecular flexibility index (Phi) is 8.84. The summed E-state index contributed by atoms with van der Waals surface area (Å²) >= 11 is 0. The molecule has 1 saturated heterocycles. The van der Waals surface area contributed by atoms with Crippen molar-refractivity contribution in [3.05, 3.63) is 0 Å². The molecule has 0 bridgehead atoms. The number of carbonyl (C=O) groups excluding carboxylic acids is 1. The zero-order valence-corrected chi connectivity index (χ0v) is 12.6. The monoisotopic (exact) mass is 270 g/mol. The highest BCUT2D eigenvalue weighted by Gasteiger charge is 2.15. The molecule has 4 heteroatoms. The van der Waals surface area contributed by atoms with Gasteiger partial charge in [0.05, 0.1) is 12.6 Å². The quantitative estimate of drug-likeness (QED) is 0.542. The number of unbranched alkanes of at least 4 members (excludes halogenated alkanes) is 3. The van der Waals surface area contributed by atoms with Crippen molar-refractivity contribution >= 4 is 5.97 Å². The molecular weight excluding hydrogens is 240 g/mol. The molecule has 1 fully saturated rings. The Morgan fingerprint density at radius 2 is 2.11 bits per heavy atom. The van der Waals surface area contributed by atoms with Gasteiger partial charge in [-0.05, 0) is 39.3 Å². The molecule has 0 aromatic heterocycles. The van der Waals surface area contributed by atoms with Crippen molar-refractivity contribution in [3.8, 4) is 0 Å². The highest BCUT2D eigenvalue weighted by Crippen LogP contribution is 2.08. The van der Waals surface area contributed by atoms with Crippen LogP contribution in [0.5, 0.6) is 0 Å². The van der Waals surface area contributed by atoms with Gasteiger partial charge in [0.1, 0.15) is 0 Å². The number of nitrogens with one attached hydrogen (secondary N) is 1. The molecule has 4 nitrogen and oxygen atoms in total. The molecule has 0 amide bonds. The standard InChI is InChI=1S/C15H30N2O2/c1-3-4-5-6-8-14(2)19-15(18)13-17-11-7-9-16-10-12-17/h14,16H,3-13H2,1-2H3. The normalized spacial score (nSPS) is 18.8. The van der Waals surface area contributed by atoms with Crippen molar-refractivity contribution in [2.45, 2.75) is 58.5 Å². The van der Waals surface area contributed by atoms with Gasteiger partial charge in [-0.25, -0.2) is 0 Å². The maximum atomic E-state index is 11.8. The largest absolute Gasteiger partial charge is 0.462 e. The molecule has 1 rings (SSSR count). The minimum absolute atomic E-state index is 0.0643. The van der Waals surface area contributed by atoms with Crippen molar-refractivity contribution in [2.24, 2.45) is 0 Å². The Labute approximate surface area is 117 Å². The van der Waals surface area contributed by atoms with E-state index in [-0.39, 0.29) is 12.1 Å².